The molecule has 0 fully saturated rings. The fraction of sp³-hybridized carbons (Fsp3) is 0.636. The molecule has 78 valence electrons. The highest BCUT2D eigenvalue weighted by molar-refractivity contribution is 5.25. The average Bonchev–Trinajstić information content (AvgIpc) is 2.64. The van der Waals surface area contributed by atoms with E-state index in [1.54, 1.807) is 13.4 Å². The summed E-state index contributed by atoms with van der Waals surface area (Å²) in [5, 5.41) is 3.43. The molecule has 1 aromatic heterocycles. The molecule has 1 aliphatic rings. The molecule has 0 radical (unpaired) electrons. The largest absolute Gasteiger partial charge is 0.467 e. The molecule has 2 heterocycles. The third kappa shape index (κ3) is 1.47. The lowest BCUT2D eigenvalue weighted by molar-refractivity contribution is -0.0189. The third-order valence-corrected chi connectivity index (χ3v) is 3.01. The Balaban J connectivity index is 2.32. The number of methoxy groups -OCH3 is 1. The first-order valence-electron chi connectivity index (χ1n) is 5.00. The molecule has 1 atom stereocenters. The Morgan fingerprint density at radius 2 is 2.36 bits per heavy atom. The molecule has 0 saturated carbocycles. The molecular weight excluding hydrogens is 178 g/mol. The maximum absolute atomic E-state index is 5.51. The quantitative estimate of drug-likeness (QED) is 0.782. The van der Waals surface area contributed by atoms with Gasteiger partial charge in [-0.2, -0.15) is 0 Å². The Kier molecular flexibility index (Phi) is 2.37. The van der Waals surface area contributed by atoms with Crippen molar-refractivity contribution in [2.75, 3.05) is 13.7 Å². The predicted molar refractivity (Wildman–Crippen MR) is 54.2 cm³/mol. The SMILES string of the molecule is COC(C)(C)C1NCCc2ccoc21. The first-order valence-corrected chi connectivity index (χ1v) is 5.00. The first-order chi connectivity index (χ1) is 6.65. The van der Waals surface area contributed by atoms with Crippen LogP contribution in [0.1, 0.15) is 31.2 Å². The van der Waals surface area contributed by atoms with Gasteiger partial charge < -0.3 is 14.5 Å². The lowest BCUT2D eigenvalue weighted by Crippen LogP contribution is -2.44. The summed E-state index contributed by atoms with van der Waals surface area (Å²) < 4.78 is 11.0. The second-order valence-electron chi connectivity index (χ2n) is 4.25. The highest BCUT2D eigenvalue weighted by Crippen LogP contribution is 2.33. The molecule has 14 heavy (non-hydrogen) atoms. The van der Waals surface area contributed by atoms with E-state index in [4.69, 9.17) is 9.15 Å². The highest BCUT2D eigenvalue weighted by atomic mass is 16.5. The fourth-order valence-corrected chi connectivity index (χ4v) is 1.93. The molecule has 1 unspecified atom stereocenters. The molecule has 0 aromatic carbocycles. The van der Waals surface area contributed by atoms with Gasteiger partial charge in [0.25, 0.3) is 0 Å². The van der Waals surface area contributed by atoms with Crippen molar-refractivity contribution in [2.45, 2.75) is 31.9 Å². The summed E-state index contributed by atoms with van der Waals surface area (Å²) in [5.74, 6) is 1.03. The van der Waals surface area contributed by atoms with Crippen LogP contribution in [0.4, 0.5) is 0 Å². The smallest absolute Gasteiger partial charge is 0.126 e. The van der Waals surface area contributed by atoms with E-state index < -0.39 is 0 Å². The molecule has 1 aliphatic heterocycles. The fourth-order valence-electron chi connectivity index (χ4n) is 1.93. The van der Waals surface area contributed by atoms with Gasteiger partial charge in [-0.15, -0.1) is 0 Å². The molecule has 0 bridgehead atoms. The van der Waals surface area contributed by atoms with Crippen LogP contribution in [0.2, 0.25) is 0 Å². The predicted octanol–water partition coefficient (Wildman–Crippen LogP) is 1.89. The Bertz CT molecular complexity index is 317. The Hall–Kier alpha value is -0.800. The molecule has 1 aromatic rings. The average molecular weight is 195 g/mol. The van der Waals surface area contributed by atoms with Gasteiger partial charge in [-0.3, -0.25) is 0 Å². The van der Waals surface area contributed by atoms with Crippen LogP contribution in [0.15, 0.2) is 16.7 Å². The minimum Gasteiger partial charge on any atom is -0.467 e. The number of ether oxygens (including phenoxy) is 1. The van der Waals surface area contributed by atoms with Crippen molar-refractivity contribution in [1.82, 2.24) is 5.32 Å². The van der Waals surface area contributed by atoms with E-state index in [1.807, 2.05) is 0 Å². The van der Waals surface area contributed by atoms with E-state index in [0.717, 1.165) is 18.7 Å². The van der Waals surface area contributed by atoms with Crippen molar-refractivity contribution in [1.29, 1.82) is 0 Å². The summed E-state index contributed by atoms with van der Waals surface area (Å²) >= 11 is 0. The zero-order chi connectivity index (χ0) is 10.2. The number of rotatable bonds is 2. The van der Waals surface area contributed by atoms with Crippen molar-refractivity contribution in [3.05, 3.63) is 23.7 Å². The standard InChI is InChI=1S/C11H17NO2/c1-11(2,13-3)10-9-8(4-6-12-10)5-7-14-9/h5,7,10,12H,4,6H2,1-3H3. The molecule has 3 heteroatoms. The van der Waals surface area contributed by atoms with E-state index in [2.05, 4.69) is 25.2 Å². The summed E-state index contributed by atoms with van der Waals surface area (Å²) in [4.78, 5) is 0. The monoisotopic (exact) mass is 195 g/mol. The maximum atomic E-state index is 5.51. The maximum Gasteiger partial charge on any atom is 0.126 e. The van der Waals surface area contributed by atoms with Crippen LogP contribution in [-0.4, -0.2) is 19.3 Å². The number of hydrogen-bond acceptors (Lipinski definition) is 3. The third-order valence-electron chi connectivity index (χ3n) is 3.01. The van der Waals surface area contributed by atoms with Crippen LogP contribution in [0.3, 0.4) is 0 Å². The van der Waals surface area contributed by atoms with Gasteiger partial charge in [0.05, 0.1) is 17.9 Å². The van der Waals surface area contributed by atoms with Crippen LogP contribution in [-0.2, 0) is 11.2 Å². The Labute approximate surface area is 84.4 Å². The summed E-state index contributed by atoms with van der Waals surface area (Å²) in [7, 11) is 1.74. The summed E-state index contributed by atoms with van der Waals surface area (Å²) in [6.07, 6.45) is 2.80. The van der Waals surface area contributed by atoms with Crippen molar-refractivity contribution in [2.24, 2.45) is 0 Å². The molecule has 0 saturated heterocycles. The lowest BCUT2D eigenvalue weighted by atomic mass is 9.90. The van der Waals surface area contributed by atoms with Gasteiger partial charge in [0.15, 0.2) is 0 Å². The summed E-state index contributed by atoms with van der Waals surface area (Å²) in [5.41, 5.74) is 1.08. The van der Waals surface area contributed by atoms with Crippen molar-refractivity contribution >= 4 is 0 Å². The van der Waals surface area contributed by atoms with Crippen LogP contribution in [0.5, 0.6) is 0 Å². The lowest BCUT2D eigenvalue weighted by Gasteiger charge is -2.35. The van der Waals surface area contributed by atoms with E-state index in [9.17, 15) is 0 Å². The Morgan fingerprint density at radius 3 is 3.07 bits per heavy atom. The summed E-state index contributed by atoms with van der Waals surface area (Å²) in [6, 6.07) is 2.21. The minimum absolute atomic E-state index is 0.159. The summed E-state index contributed by atoms with van der Waals surface area (Å²) in [6.45, 7) is 5.13. The zero-order valence-corrected chi connectivity index (χ0v) is 8.96. The molecule has 1 N–H and O–H groups in total. The normalized spacial score (nSPS) is 22.1. The number of hydrogen-bond donors (Lipinski definition) is 1. The molecule has 0 spiro atoms. The van der Waals surface area contributed by atoms with Crippen LogP contribution in [0, 0.1) is 0 Å². The zero-order valence-electron chi connectivity index (χ0n) is 8.96. The second kappa shape index (κ2) is 3.41. The van der Waals surface area contributed by atoms with Gasteiger partial charge in [0, 0.05) is 13.7 Å². The van der Waals surface area contributed by atoms with Crippen molar-refractivity contribution < 1.29 is 9.15 Å². The van der Waals surface area contributed by atoms with Crippen molar-refractivity contribution in [3.8, 4) is 0 Å². The first kappa shape index (κ1) is 9.74. The van der Waals surface area contributed by atoms with Crippen LogP contribution < -0.4 is 5.32 Å². The number of nitrogens with one attached hydrogen (secondary N) is 1. The van der Waals surface area contributed by atoms with Gasteiger partial charge in [-0.25, -0.2) is 0 Å². The topological polar surface area (TPSA) is 34.4 Å². The number of fused-ring (bicyclic) bond motifs is 1. The van der Waals surface area contributed by atoms with Crippen molar-refractivity contribution in [3.63, 3.8) is 0 Å². The molecule has 0 amide bonds. The van der Waals surface area contributed by atoms with Gasteiger partial charge in [0.2, 0.25) is 0 Å². The van der Waals surface area contributed by atoms with E-state index in [1.165, 1.54) is 5.56 Å². The van der Waals surface area contributed by atoms with Gasteiger partial charge in [0.1, 0.15) is 5.76 Å². The molecular formula is C11H17NO2. The van der Waals surface area contributed by atoms with Crippen LogP contribution >= 0.6 is 0 Å². The second-order valence-corrected chi connectivity index (χ2v) is 4.25. The van der Waals surface area contributed by atoms with E-state index >= 15 is 0 Å². The number of furan rings is 1. The molecule has 3 nitrogen and oxygen atoms in total. The molecule has 0 aliphatic carbocycles. The minimum atomic E-state index is -0.229. The van der Waals surface area contributed by atoms with Gasteiger partial charge >= 0.3 is 0 Å². The van der Waals surface area contributed by atoms with E-state index in [0.29, 0.717) is 0 Å². The van der Waals surface area contributed by atoms with Crippen LogP contribution in [0.25, 0.3) is 0 Å². The molecule has 2 rings (SSSR count). The highest BCUT2D eigenvalue weighted by Gasteiger charge is 2.36. The Morgan fingerprint density at radius 1 is 1.57 bits per heavy atom. The van der Waals surface area contributed by atoms with E-state index in [-0.39, 0.29) is 11.6 Å². The van der Waals surface area contributed by atoms with Gasteiger partial charge in [-0.1, -0.05) is 0 Å². The van der Waals surface area contributed by atoms with Gasteiger partial charge in [-0.05, 0) is 31.9 Å².